The van der Waals surface area contributed by atoms with Gasteiger partial charge in [0.2, 0.25) is 0 Å². The van der Waals surface area contributed by atoms with Crippen LogP contribution in [0.3, 0.4) is 0 Å². The molecule has 2 heterocycles. The Hall–Kier alpha value is -3.55. The predicted octanol–water partition coefficient (Wildman–Crippen LogP) is 4.91. The minimum atomic E-state index is -4.53. The van der Waals surface area contributed by atoms with Gasteiger partial charge < -0.3 is 0 Å². The normalized spacial score (nSPS) is 11.8. The van der Waals surface area contributed by atoms with E-state index in [4.69, 9.17) is 0 Å². The maximum Gasteiger partial charge on any atom is 0.416 e. The van der Waals surface area contributed by atoms with E-state index < -0.39 is 23.1 Å². The molecule has 0 radical (unpaired) electrons. The lowest BCUT2D eigenvalue weighted by Crippen LogP contribution is -2.22. The summed E-state index contributed by atoms with van der Waals surface area (Å²) in [7, 11) is 0. The highest BCUT2D eigenvalue weighted by molar-refractivity contribution is 5.90. The molecule has 146 valence electrons. The fourth-order valence-corrected chi connectivity index (χ4v) is 3.01. The van der Waals surface area contributed by atoms with E-state index in [9.17, 15) is 22.4 Å². The maximum absolute atomic E-state index is 13.3. The molecule has 0 aliphatic rings. The molecule has 8 heteroatoms. The lowest BCUT2D eigenvalue weighted by atomic mass is 10.1. The Bertz CT molecular complexity index is 1280. The number of benzene rings is 2. The monoisotopic (exact) mass is 399 g/mol. The van der Waals surface area contributed by atoms with Crippen LogP contribution in [-0.2, 0) is 6.18 Å². The first-order chi connectivity index (χ1) is 13.7. The Morgan fingerprint density at radius 2 is 1.69 bits per heavy atom. The van der Waals surface area contributed by atoms with Crippen molar-refractivity contribution in [2.45, 2.75) is 13.1 Å². The third-order valence-corrected chi connectivity index (χ3v) is 4.42. The molecule has 0 N–H and O–H groups in total. The fourth-order valence-electron chi connectivity index (χ4n) is 3.01. The zero-order chi connectivity index (χ0) is 20.8. The van der Waals surface area contributed by atoms with Crippen LogP contribution >= 0.6 is 0 Å². The summed E-state index contributed by atoms with van der Waals surface area (Å²) in [5.41, 5.74) is 0.0238. The summed E-state index contributed by atoms with van der Waals surface area (Å²) in [5, 5.41) is 4.48. The van der Waals surface area contributed by atoms with Crippen molar-refractivity contribution in [2.24, 2.45) is 0 Å². The van der Waals surface area contributed by atoms with Gasteiger partial charge in [-0.05, 0) is 55.5 Å². The van der Waals surface area contributed by atoms with Crippen LogP contribution in [0.1, 0.15) is 11.3 Å². The molecule has 29 heavy (non-hydrogen) atoms. The Kier molecular flexibility index (Phi) is 4.41. The van der Waals surface area contributed by atoms with E-state index in [0.717, 1.165) is 16.8 Å². The molecule has 2 aromatic carbocycles. The summed E-state index contributed by atoms with van der Waals surface area (Å²) in [6.45, 7) is 1.71. The third kappa shape index (κ3) is 3.49. The second-order valence-corrected chi connectivity index (χ2v) is 6.47. The molecule has 0 saturated heterocycles. The first-order valence-corrected chi connectivity index (χ1v) is 8.58. The van der Waals surface area contributed by atoms with Crippen molar-refractivity contribution in [3.63, 3.8) is 0 Å². The Labute approximate surface area is 162 Å². The van der Waals surface area contributed by atoms with Crippen molar-refractivity contribution in [3.8, 4) is 16.9 Å². The molecule has 0 aliphatic carbocycles. The van der Waals surface area contributed by atoms with Crippen molar-refractivity contribution in [1.29, 1.82) is 0 Å². The van der Waals surface area contributed by atoms with Crippen LogP contribution in [0.25, 0.3) is 27.8 Å². The molecule has 0 bridgehead atoms. The number of aryl methyl sites for hydroxylation is 1. The van der Waals surface area contributed by atoms with Crippen molar-refractivity contribution < 1.29 is 17.6 Å². The quantitative estimate of drug-likeness (QED) is 0.450. The van der Waals surface area contributed by atoms with E-state index in [1.54, 1.807) is 19.1 Å². The number of fused-ring (bicyclic) bond motifs is 1. The molecule has 4 aromatic rings. The van der Waals surface area contributed by atoms with E-state index in [0.29, 0.717) is 5.69 Å². The van der Waals surface area contributed by atoms with Crippen LogP contribution in [0.4, 0.5) is 17.6 Å². The molecule has 0 spiro atoms. The maximum atomic E-state index is 13.3. The minimum Gasteiger partial charge on any atom is -0.267 e. The van der Waals surface area contributed by atoms with Crippen LogP contribution in [0, 0.1) is 12.7 Å². The summed E-state index contributed by atoms with van der Waals surface area (Å²) in [4.78, 5) is 17.3. The van der Waals surface area contributed by atoms with Gasteiger partial charge in [0.15, 0.2) is 0 Å². The molecule has 0 amide bonds. The van der Waals surface area contributed by atoms with Gasteiger partial charge in [0.05, 0.1) is 16.6 Å². The molecular formula is C21H13F4N3O. The van der Waals surface area contributed by atoms with E-state index in [1.165, 1.54) is 36.4 Å². The highest BCUT2D eigenvalue weighted by atomic mass is 19.4. The van der Waals surface area contributed by atoms with Gasteiger partial charge in [-0.1, -0.05) is 12.1 Å². The number of halogens is 4. The van der Waals surface area contributed by atoms with Gasteiger partial charge in [0.1, 0.15) is 17.0 Å². The van der Waals surface area contributed by atoms with Gasteiger partial charge >= 0.3 is 6.18 Å². The van der Waals surface area contributed by atoms with E-state index >= 15 is 0 Å². The summed E-state index contributed by atoms with van der Waals surface area (Å²) >= 11 is 0. The van der Waals surface area contributed by atoms with Crippen molar-refractivity contribution in [1.82, 2.24) is 14.8 Å². The fraction of sp³-hybridized carbons (Fsp3) is 0.0952. The number of hydrogen-bond donors (Lipinski definition) is 0. The molecule has 0 saturated carbocycles. The molecular weight excluding hydrogens is 386 g/mol. The highest BCUT2D eigenvalue weighted by Gasteiger charge is 2.31. The lowest BCUT2D eigenvalue weighted by molar-refractivity contribution is -0.137. The van der Waals surface area contributed by atoms with Gasteiger partial charge in [-0.25, -0.2) is 4.39 Å². The minimum absolute atomic E-state index is 0.124. The number of pyridine rings is 1. The van der Waals surface area contributed by atoms with Crippen LogP contribution in [0.5, 0.6) is 0 Å². The predicted molar refractivity (Wildman–Crippen MR) is 100 cm³/mol. The van der Waals surface area contributed by atoms with Crippen LogP contribution in [0.2, 0.25) is 0 Å². The molecule has 0 fully saturated rings. The third-order valence-electron chi connectivity index (χ3n) is 4.42. The largest absolute Gasteiger partial charge is 0.416 e. The number of nitrogens with zero attached hydrogens (tertiary/aromatic N) is 3. The Morgan fingerprint density at radius 3 is 2.38 bits per heavy atom. The number of aromatic nitrogens is 3. The smallest absolute Gasteiger partial charge is 0.267 e. The molecule has 0 aliphatic heterocycles. The Morgan fingerprint density at radius 1 is 0.966 bits per heavy atom. The van der Waals surface area contributed by atoms with E-state index in [-0.39, 0.29) is 27.8 Å². The molecule has 4 nitrogen and oxygen atoms in total. The summed E-state index contributed by atoms with van der Waals surface area (Å²) in [6, 6.07) is 12.9. The summed E-state index contributed by atoms with van der Waals surface area (Å²) < 4.78 is 53.9. The zero-order valence-corrected chi connectivity index (χ0v) is 15.0. The van der Waals surface area contributed by atoms with Crippen molar-refractivity contribution in [2.75, 3.05) is 0 Å². The zero-order valence-electron chi connectivity index (χ0n) is 15.0. The average Bonchev–Trinajstić information content (AvgIpc) is 2.68. The van der Waals surface area contributed by atoms with Crippen LogP contribution < -0.4 is 5.56 Å². The van der Waals surface area contributed by atoms with Crippen LogP contribution in [-0.4, -0.2) is 14.8 Å². The molecule has 4 rings (SSSR count). The summed E-state index contributed by atoms with van der Waals surface area (Å²) in [5.74, 6) is -0.488. The topological polar surface area (TPSA) is 47.8 Å². The first kappa shape index (κ1) is 18.8. The highest BCUT2D eigenvalue weighted by Crippen LogP contribution is 2.33. The van der Waals surface area contributed by atoms with Crippen LogP contribution in [0.15, 0.2) is 65.5 Å². The molecule has 0 unspecified atom stereocenters. The van der Waals surface area contributed by atoms with Gasteiger partial charge in [0.25, 0.3) is 5.56 Å². The van der Waals surface area contributed by atoms with Gasteiger partial charge in [-0.2, -0.15) is 23.0 Å². The van der Waals surface area contributed by atoms with Crippen molar-refractivity contribution in [3.05, 3.63) is 88.1 Å². The number of alkyl halides is 3. The average molecular weight is 399 g/mol. The van der Waals surface area contributed by atoms with E-state index in [1.807, 2.05) is 0 Å². The summed E-state index contributed by atoms with van der Waals surface area (Å²) in [6.07, 6.45) is -4.53. The lowest BCUT2D eigenvalue weighted by Gasteiger charge is -2.13. The van der Waals surface area contributed by atoms with Gasteiger partial charge in [-0.3, -0.25) is 9.78 Å². The molecule has 2 aromatic heterocycles. The first-order valence-electron chi connectivity index (χ1n) is 8.58. The molecule has 0 atom stereocenters. The standard InChI is InChI=1S/C21H13F4N3O/c1-12-5-10-17-19(26-12)18(13-3-2-4-14(11-13)21(23,24)25)27-28(20(17)29)16-8-6-15(22)7-9-16/h2-11H,1H3. The van der Waals surface area contributed by atoms with E-state index in [2.05, 4.69) is 10.1 Å². The van der Waals surface area contributed by atoms with Gasteiger partial charge in [0, 0.05) is 11.3 Å². The van der Waals surface area contributed by atoms with Crippen molar-refractivity contribution >= 4 is 10.9 Å². The second-order valence-electron chi connectivity index (χ2n) is 6.47. The second kappa shape index (κ2) is 6.80. The Balaban J connectivity index is 2.05. The SMILES string of the molecule is Cc1ccc2c(=O)n(-c3ccc(F)cc3)nc(-c3cccc(C(F)(F)F)c3)c2n1. The number of hydrogen-bond acceptors (Lipinski definition) is 3. The number of rotatable bonds is 2. The van der Waals surface area contributed by atoms with Gasteiger partial charge in [-0.15, -0.1) is 0 Å².